The Kier molecular flexibility index (Phi) is 14.8. The van der Waals surface area contributed by atoms with Gasteiger partial charge < -0.3 is 33.2 Å². The van der Waals surface area contributed by atoms with Crippen LogP contribution in [0.5, 0.6) is 5.75 Å². The van der Waals surface area contributed by atoms with Crippen LogP contribution in [0.4, 0.5) is 0 Å². The van der Waals surface area contributed by atoms with Gasteiger partial charge in [-0.1, -0.05) is 55.5 Å². The lowest BCUT2D eigenvalue weighted by Gasteiger charge is -2.31. The Morgan fingerprint density at radius 2 is 0.863 bits per heavy atom. The number of benzene rings is 3. The van der Waals surface area contributed by atoms with Gasteiger partial charge in [-0.05, 0) is 55.7 Å². The van der Waals surface area contributed by atoms with E-state index in [0.717, 1.165) is 6.92 Å². The summed E-state index contributed by atoms with van der Waals surface area (Å²) in [6.07, 6.45) is 0.127. The van der Waals surface area contributed by atoms with Crippen molar-refractivity contribution in [3.63, 3.8) is 0 Å². The van der Waals surface area contributed by atoms with Crippen molar-refractivity contribution in [2.24, 2.45) is 5.41 Å². The van der Waals surface area contributed by atoms with Gasteiger partial charge >= 0.3 is 41.8 Å². The average Bonchev–Trinajstić information content (AvgIpc) is 3.12. The van der Waals surface area contributed by atoms with Crippen LogP contribution in [0.15, 0.2) is 72.8 Å². The number of hydrogen-bond donors (Lipinski definition) is 0. The first-order valence-electron chi connectivity index (χ1n) is 15.7. The second-order valence-electron chi connectivity index (χ2n) is 11.3. The van der Waals surface area contributed by atoms with E-state index in [1.807, 2.05) is 0 Å². The molecule has 3 rings (SSSR count). The summed E-state index contributed by atoms with van der Waals surface area (Å²) < 4.78 is 36.2. The molecule has 3 aromatic rings. The van der Waals surface area contributed by atoms with Crippen LogP contribution >= 0.6 is 0 Å². The maximum atomic E-state index is 12.6. The number of carbonyl (C=O) groups excluding carboxylic acids is 7. The molecular formula is C37H38O14. The van der Waals surface area contributed by atoms with Crippen molar-refractivity contribution in [2.45, 2.75) is 34.1 Å². The zero-order chi connectivity index (χ0) is 37.4. The molecule has 3 aromatic carbocycles. The van der Waals surface area contributed by atoms with Crippen molar-refractivity contribution in [3.05, 3.63) is 101 Å². The van der Waals surface area contributed by atoms with Gasteiger partial charge in [0.1, 0.15) is 31.1 Å². The standard InChI is InChI=1S/C37H38O14/c1-5-37(21-48-31(39)18-45-34(42)27-14-8-6-12-24(27)2,22-49-32(40)19-46-35(43)28-15-9-7-13-25(28)3)23-50-33(41)20-47-36(44)29-16-10-11-17-30(29)51-26(4)38/h6-17H,5,18-23H2,1-4H3. The Labute approximate surface area is 293 Å². The summed E-state index contributed by atoms with van der Waals surface area (Å²) in [7, 11) is 0. The molecule has 0 spiro atoms. The molecule has 0 bridgehead atoms. The van der Waals surface area contributed by atoms with E-state index in [2.05, 4.69) is 0 Å². The van der Waals surface area contributed by atoms with Gasteiger partial charge in [-0.15, -0.1) is 0 Å². The number of para-hydroxylation sites is 1. The van der Waals surface area contributed by atoms with Gasteiger partial charge in [0.2, 0.25) is 0 Å². The van der Waals surface area contributed by atoms with Gasteiger partial charge in [-0.25, -0.2) is 28.8 Å². The first kappa shape index (κ1) is 39.4. The molecule has 0 radical (unpaired) electrons. The maximum absolute atomic E-state index is 12.6. The zero-order valence-electron chi connectivity index (χ0n) is 28.6. The fourth-order valence-corrected chi connectivity index (χ4v) is 4.35. The molecule has 0 saturated heterocycles. The van der Waals surface area contributed by atoms with Crippen LogP contribution in [-0.2, 0) is 47.6 Å². The van der Waals surface area contributed by atoms with E-state index < -0.39 is 86.8 Å². The first-order chi connectivity index (χ1) is 24.3. The van der Waals surface area contributed by atoms with Crippen LogP contribution in [0.1, 0.15) is 62.5 Å². The molecule has 0 aliphatic rings. The summed E-state index contributed by atoms with van der Waals surface area (Å²) >= 11 is 0. The van der Waals surface area contributed by atoms with Crippen LogP contribution < -0.4 is 4.74 Å². The highest BCUT2D eigenvalue weighted by Crippen LogP contribution is 2.25. The number of aryl methyl sites for hydroxylation is 2. The summed E-state index contributed by atoms with van der Waals surface area (Å²) in [4.78, 5) is 86.6. The number of ether oxygens (including phenoxy) is 7. The third-order valence-corrected chi connectivity index (χ3v) is 7.42. The van der Waals surface area contributed by atoms with E-state index >= 15 is 0 Å². The van der Waals surface area contributed by atoms with Crippen LogP contribution in [0, 0.1) is 19.3 Å². The van der Waals surface area contributed by atoms with Crippen LogP contribution in [-0.4, -0.2) is 81.4 Å². The van der Waals surface area contributed by atoms with Crippen molar-refractivity contribution in [2.75, 3.05) is 39.6 Å². The lowest BCUT2D eigenvalue weighted by molar-refractivity contribution is -0.166. The summed E-state index contributed by atoms with van der Waals surface area (Å²) in [6, 6.07) is 19.0. The smallest absolute Gasteiger partial charge is 0.344 e. The fraction of sp³-hybridized carbons (Fsp3) is 0.324. The van der Waals surface area contributed by atoms with E-state index in [1.165, 1.54) is 24.3 Å². The van der Waals surface area contributed by atoms with Gasteiger partial charge in [0, 0.05) is 6.92 Å². The minimum atomic E-state index is -1.33. The molecule has 0 aromatic heterocycles. The molecule has 0 fully saturated rings. The van der Waals surface area contributed by atoms with E-state index in [9.17, 15) is 33.6 Å². The monoisotopic (exact) mass is 706 g/mol. The van der Waals surface area contributed by atoms with Crippen LogP contribution in [0.2, 0.25) is 0 Å². The van der Waals surface area contributed by atoms with E-state index in [1.54, 1.807) is 69.3 Å². The van der Waals surface area contributed by atoms with E-state index in [-0.39, 0.29) is 28.9 Å². The van der Waals surface area contributed by atoms with Crippen molar-refractivity contribution in [1.29, 1.82) is 0 Å². The number of esters is 7. The average molecular weight is 707 g/mol. The molecule has 0 aliphatic carbocycles. The summed E-state index contributed by atoms with van der Waals surface area (Å²) in [6.45, 7) is 2.54. The largest absolute Gasteiger partial charge is 0.462 e. The minimum absolute atomic E-state index is 0.0637. The summed E-state index contributed by atoms with van der Waals surface area (Å²) in [5.41, 5.74) is 0.402. The predicted molar refractivity (Wildman–Crippen MR) is 177 cm³/mol. The fourth-order valence-electron chi connectivity index (χ4n) is 4.35. The zero-order valence-corrected chi connectivity index (χ0v) is 28.6. The van der Waals surface area contributed by atoms with Crippen LogP contribution in [0.3, 0.4) is 0 Å². The Bertz CT molecular complexity index is 1670. The molecular weight excluding hydrogens is 668 g/mol. The highest BCUT2D eigenvalue weighted by Gasteiger charge is 2.35. The molecule has 0 saturated carbocycles. The number of hydrogen-bond acceptors (Lipinski definition) is 14. The number of carbonyl (C=O) groups is 7. The van der Waals surface area contributed by atoms with E-state index in [0.29, 0.717) is 11.1 Å². The molecule has 0 N–H and O–H groups in total. The second-order valence-corrected chi connectivity index (χ2v) is 11.3. The maximum Gasteiger partial charge on any atom is 0.344 e. The van der Waals surface area contributed by atoms with Crippen LogP contribution in [0.25, 0.3) is 0 Å². The second kappa shape index (κ2) is 19.2. The Morgan fingerprint density at radius 1 is 0.510 bits per heavy atom. The first-order valence-corrected chi connectivity index (χ1v) is 15.7. The molecule has 0 amide bonds. The van der Waals surface area contributed by atoms with Crippen molar-refractivity contribution < 1.29 is 66.7 Å². The third kappa shape index (κ3) is 12.4. The SMILES string of the molecule is CCC(COC(=O)COC(=O)c1ccccc1C)(COC(=O)COC(=O)c1ccccc1C)COC(=O)COC(=O)c1ccccc1OC(C)=O. The molecule has 51 heavy (non-hydrogen) atoms. The Morgan fingerprint density at radius 3 is 1.24 bits per heavy atom. The quantitative estimate of drug-likeness (QED) is 0.111. The Balaban J connectivity index is 1.62. The molecule has 0 atom stereocenters. The molecule has 270 valence electrons. The lowest BCUT2D eigenvalue weighted by atomic mass is 9.88. The minimum Gasteiger partial charge on any atom is -0.462 e. The predicted octanol–water partition coefficient (Wildman–Crippen LogP) is 4.13. The van der Waals surface area contributed by atoms with Gasteiger partial charge in [-0.2, -0.15) is 0 Å². The van der Waals surface area contributed by atoms with Crippen molar-refractivity contribution in [1.82, 2.24) is 0 Å². The summed E-state index contributed by atoms with van der Waals surface area (Å²) in [5.74, 6) is -6.02. The van der Waals surface area contributed by atoms with E-state index in [4.69, 9.17) is 33.2 Å². The normalized spacial score (nSPS) is 10.7. The molecule has 0 heterocycles. The highest BCUT2D eigenvalue weighted by molar-refractivity contribution is 5.94. The highest BCUT2D eigenvalue weighted by atomic mass is 16.6. The van der Waals surface area contributed by atoms with Gasteiger partial charge in [0.05, 0.1) is 16.5 Å². The van der Waals surface area contributed by atoms with Gasteiger partial charge in [-0.3, -0.25) is 4.79 Å². The van der Waals surface area contributed by atoms with Gasteiger partial charge in [0.25, 0.3) is 0 Å². The summed E-state index contributed by atoms with van der Waals surface area (Å²) in [5, 5.41) is 0. The molecule has 0 aliphatic heterocycles. The Hall–Kier alpha value is -6.05. The third-order valence-electron chi connectivity index (χ3n) is 7.42. The van der Waals surface area contributed by atoms with Crippen molar-refractivity contribution >= 4 is 41.8 Å². The van der Waals surface area contributed by atoms with Crippen molar-refractivity contribution in [3.8, 4) is 5.75 Å². The molecule has 14 nitrogen and oxygen atoms in total. The molecule has 0 unspecified atom stereocenters. The molecule has 14 heteroatoms. The topological polar surface area (TPSA) is 184 Å². The number of rotatable bonds is 17. The van der Waals surface area contributed by atoms with Gasteiger partial charge in [0.15, 0.2) is 19.8 Å². The lowest BCUT2D eigenvalue weighted by Crippen LogP contribution is -2.40.